The maximum atomic E-state index is 9.62. The first-order valence-corrected chi connectivity index (χ1v) is 7.95. The van der Waals surface area contributed by atoms with Crippen molar-refractivity contribution in [2.75, 3.05) is 0 Å². The lowest BCUT2D eigenvalue weighted by Crippen LogP contribution is -1.98. The molecule has 2 aromatic heterocycles. The van der Waals surface area contributed by atoms with E-state index in [0.29, 0.717) is 0 Å². The van der Waals surface area contributed by atoms with Gasteiger partial charge in [0.25, 0.3) is 0 Å². The van der Waals surface area contributed by atoms with Gasteiger partial charge in [0.1, 0.15) is 5.03 Å². The lowest BCUT2D eigenvalue weighted by atomic mass is 10.3. The maximum absolute atomic E-state index is 9.62. The SMILES string of the molecule is Cc1nn(-c2ccccc2)c(Sc2cccs2)c1CO. The van der Waals surface area contributed by atoms with E-state index in [2.05, 4.69) is 16.5 Å². The molecule has 0 radical (unpaired) electrons. The zero-order chi connectivity index (χ0) is 13.9. The molecule has 3 nitrogen and oxygen atoms in total. The molecule has 0 saturated carbocycles. The minimum atomic E-state index is 0.00632. The van der Waals surface area contributed by atoms with Crippen molar-refractivity contribution in [3.05, 3.63) is 59.1 Å². The van der Waals surface area contributed by atoms with Gasteiger partial charge in [-0.25, -0.2) is 4.68 Å². The quantitative estimate of drug-likeness (QED) is 0.794. The molecule has 0 aliphatic carbocycles. The van der Waals surface area contributed by atoms with Gasteiger partial charge in [0.05, 0.1) is 22.2 Å². The molecule has 0 unspecified atom stereocenters. The average Bonchev–Trinajstić information content (AvgIpc) is 3.08. The van der Waals surface area contributed by atoms with Crippen molar-refractivity contribution in [1.82, 2.24) is 9.78 Å². The number of aromatic nitrogens is 2. The van der Waals surface area contributed by atoms with Crippen LogP contribution in [0.5, 0.6) is 0 Å². The van der Waals surface area contributed by atoms with E-state index in [1.54, 1.807) is 23.1 Å². The van der Waals surface area contributed by atoms with Crippen LogP contribution >= 0.6 is 23.1 Å². The molecule has 102 valence electrons. The van der Waals surface area contributed by atoms with Crippen molar-refractivity contribution < 1.29 is 5.11 Å². The van der Waals surface area contributed by atoms with E-state index < -0.39 is 0 Å². The fraction of sp³-hybridized carbons (Fsp3) is 0.133. The summed E-state index contributed by atoms with van der Waals surface area (Å²) in [4.78, 5) is 0. The molecule has 5 heteroatoms. The predicted octanol–water partition coefficient (Wildman–Crippen LogP) is 3.89. The molecule has 0 aliphatic rings. The number of benzene rings is 1. The molecule has 3 rings (SSSR count). The van der Waals surface area contributed by atoms with Gasteiger partial charge in [-0.05, 0) is 30.5 Å². The van der Waals surface area contributed by atoms with E-state index in [1.165, 1.54) is 4.21 Å². The Balaban J connectivity index is 2.10. The third-order valence-electron chi connectivity index (χ3n) is 2.99. The Labute approximate surface area is 125 Å². The highest BCUT2D eigenvalue weighted by atomic mass is 32.2. The summed E-state index contributed by atoms with van der Waals surface area (Å²) in [6.45, 7) is 1.94. The molecule has 1 aromatic carbocycles. The number of para-hydroxylation sites is 1. The summed E-state index contributed by atoms with van der Waals surface area (Å²) in [7, 11) is 0. The van der Waals surface area contributed by atoms with E-state index in [4.69, 9.17) is 0 Å². The van der Waals surface area contributed by atoms with Crippen molar-refractivity contribution in [2.45, 2.75) is 22.8 Å². The molecule has 0 atom stereocenters. The summed E-state index contributed by atoms with van der Waals surface area (Å²) in [5, 5.41) is 17.2. The van der Waals surface area contributed by atoms with Crippen molar-refractivity contribution in [2.24, 2.45) is 0 Å². The summed E-state index contributed by atoms with van der Waals surface area (Å²) >= 11 is 3.34. The van der Waals surface area contributed by atoms with Crippen LogP contribution in [0.4, 0.5) is 0 Å². The number of nitrogens with zero attached hydrogens (tertiary/aromatic N) is 2. The zero-order valence-corrected chi connectivity index (χ0v) is 12.6. The number of thiophene rings is 1. The van der Waals surface area contributed by atoms with Crippen LogP contribution in [0.1, 0.15) is 11.3 Å². The van der Waals surface area contributed by atoms with Gasteiger partial charge in [0.2, 0.25) is 0 Å². The largest absolute Gasteiger partial charge is 0.392 e. The molecule has 0 aliphatic heterocycles. The third kappa shape index (κ3) is 2.52. The summed E-state index contributed by atoms with van der Waals surface area (Å²) in [5.74, 6) is 0. The molecule has 0 spiro atoms. The Morgan fingerprint density at radius 2 is 2.00 bits per heavy atom. The topological polar surface area (TPSA) is 38.0 Å². The van der Waals surface area contributed by atoms with Crippen LogP contribution in [0.15, 0.2) is 57.1 Å². The van der Waals surface area contributed by atoms with Crippen LogP contribution in [0.3, 0.4) is 0 Å². The summed E-state index contributed by atoms with van der Waals surface area (Å²) < 4.78 is 3.10. The van der Waals surface area contributed by atoms with Crippen molar-refractivity contribution in [1.29, 1.82) is 0 Å². The van der Waals surface area contributed by atoms with Gasteiger partial charge >= 0.3 is 0 Å². The van der Waals surface area contributed by atoms with Crippen LogP contribution in [0.2, 0.25) is 0 Å². The molecule has 0 saturated heterocycles. The van der Waals surface area contributed by atoms with Crippen molar-refractivity contribution in [3.8, 4) is 5.69 Å². The van der Waals surface area contributed by atoms with Gasteiger partial charge in [-0.2, -0.15) is 5.10 Å². The van der Waals surface area contributed by atoms with Crippen molar-refractivity contribution >= 4 is 23.1 Å². The first kappa shape index (κ1) is 13.4. The van der Waals surface area contributed by atoms with Crippen LogP contribution < -0.4 is 0 Å². The number of aryl methyl sites for hydroxylation is 1. The average molecular weight is 302 g/mol. The highest BCUT2D eigenvalue weighted by Crippen LogP contribution is 2.36. The number of hydrogen-bond donors (Lipinski definition) is 1. The zero-order valence-electron chi connectivity index (χ0n) is 11.0. The van der Waals surface area contributed by atoms with Crippen LogP contribution in [0, 0.1) is 6.92 Å². The Morgan fingerprint density at radius 3 is 2.65 bits per heavy atom. The van der Waals surface area contributed by atoms with E-state index in [9.17, 15) is 5.11 Å². The Hall–Kier alpha value is -1.56. The van der Waals surface area contributed by atoms with Gasteiger partial charge < -0.3 is 5.11 Å². The molecule has 2 heterocycles. The van der Waals surface area contributed by atoms with Gasteiger partial charge in [-0.1, -0.05) is 36.0 Å². The number of rotatable bonds is 4. The maximum Gasteiger partial charge on any atom is 0.111 e. The molecular weight excluding hydrogens is 288 g/mol. The molecule has 0 bridgehead atoms. The minimum absolute atomic E-state index is 0.00632. The molecule has 20 heavy (non-hydrogen) atoms. The molecule has 0 amide bonds. The third-order valence-corrected chi connectivity index (χ3v) is 5.14. The molecule has 3 aromatic rings. The smallest absolute Gasteiger partial charge is 0.111 e. The summed E-state index contributed by atoms with van der Waals surface area (Å²) in [6, 6.07) is 14.1. The van der Waals surface area contributed by atoms with Gasteiger partial charge in [0.15, 0.2) is 0 Å². The molecular formula is C15H14N2OS2. The Kier molecular flexibility index (Phi) is 3.91. The van der Waals surface area contributed by atoms with Gasteiger partial charge in [-0.3, -0.25) is 0 Å². The minimum Gasteiger partial charge on any atom is -0.392 e. The second kappa shape index (κ2) is 5.83. The van der Waals surface area contributed by atoms with Crippen molar-refractivity contribution in [3.63, 3.8) is 0 Å². The van der Waals surface area contributed by atoms with Crippen LogP contribution in [-0.2, 0) is 6.61 Å². The van der Waals surface area contributed by atoms with Gasteiger partial charge in [-0.15, -0.1) is 11.3 Å². The normalized spacial score (nSPS) is 10.9. The predicted molar refractivity (Wildman–Crippen MR) is 82.7 cm³/mol. The molecule has 0 fully saturated rings. The van der Waals surface area contributed by atoms with Crippen LogP contribution in [0.25, 0.3) is 5.69 Å². The lowest BCUT2D eigenvalue weighted by molar-refractivity contribution is 0.278. The number of hydrogen-bond acceptors (Lipinski definition) is 4. The first-order chi connectivity index (χ1) is 9.79. The first-order valence-electron chi connectivity index (χ1n) is 6.25. The lowest BCUT2D eigenvalue weighted by Gasteiger charge is -2.07. The number of aliphatic hydroxyl groups is 1. The second-order valence-corrected chi connectivity index (χ2v) is 6.55. The fourth-order valence-electron chi connectivity index (χ4n) is 1.99. The molecule has 1 N–H and O–H groups in total. The second-order valence-electron chi connectivity index (χ2n) is 4.31. The Bertz CT molecular complexity index is 690. The van der Waals surface area contributed by atoms with E-state index in [0.717, 1.165) is 22.0 Å². The fourth-order valence-corrected chi connectivity index (χ4v) is 3.94. The van der Waals surface area contributed by atoms with Crippen LogP contribution in [-0.4, -0.2) is 14.9 Å². The standard InChI is InChI=1S/C15H14N2OS2/c1-11-13(10-18)15(20-14-8-5-9-19-14)17(16-11)12-6-3-2-4-7-12/h2-9,18H,10H2,1H3. The highest BCUT2D eigenvalue weighted by molar-refractivity contribution is 8.01. The number of aliphatic hydroxyl groups excluding tert-OH is 1. The van der Waals surface area contributed by atoms with E-state index in [-0.39, 0.29) is 6.61 Å². The summed E-state index contributed by atoms with van der Waals surface area (Å²) in [6.07, 6.45) is 0. The van der Waals surface area contributed by atoms with E-state index >= 15 is 0 Å². The van der Waals surface area contributed by atoms with Gasteiger partial charge in [0, 0.05) is 5.56 Å². The summed E-state index contributed by atoms with van der Waals surface area (Å²) in [5.41, 5.74) is 2.78. The van der Waals surface area contributed by atoms with E-state index in [1.807, 2.05) is 48.0 Å². The monoisotopic (exact) mass is 302 g/mol. The Morgan fingerprint density at radius 1 is 1.20 bits per heavy atom. The highest BCUT2D eigenvalue weighted by Gasteiger charge is 2.17.